The van der Waals surface area contributed by atoms with Gasteiger partial charge in [-0.1, -0.05) is 30.7 Å². The van der Waals surface area contributed by atoms with E-state index >= 15 is 0 Å². The number of amides is 1. The van der Waals surface area contributed by atoms with E-state index < -0.39 is 11.9 Å². The van der Waals surface area contributed by atoms with E-state index in [1.165, 1.54) is 11.6 Å². The molecule has 0 saturated carbocycles. The normalized spacial score (nSPS) is 12.4. The Bertz CT molecular complexity index is 549. The minimum Gasteiger partial charge on any atom is -0.481 e. The number of nitrogens with zero attached hydrogens (tertiary/aromatic N) is 1. The zero-order valence-electron chi connectivity index (χ0n) is 13.1. The standard InChI is InChI=1S/C17H23NO3/c1-5-18(11-14(4)17(20)21)16(19)9-8-15-7-6-12(2)10-13(15)3/h6-10,14H,5,11H2,1-4H3,(H,20,21). The third-order valence-corrected chi connectivity index (χ3v) is 3.44. The number of rotatable bonds is 6. The molecule has 0 bridgehead atoms. The average Bonchev–Trinajstić information content (AvgIpc) is 2.43. The summed E-state index contributed by atoms with van der Waals surface area (Å²) in [6, 6.07) is 6.04. The van der Waals surface area contributed by atoms with Gasteiger partial charge in [-0.05, 0) is 38.0 Å². The van der Waals surface area contributed by atoms with E-state index in [9.17, 15) is 9.59 Å². The predicted octanol–water partition coefficient (Wildman–Crippen LogP) is 2.89. The second-order valence-electron chi connectivity index (χ2n) is 5.31. The number of carbonyl (C=O) groups excluding carboxylic acids is 1. The van der Waals surface area contributed by atoms with Gasteiger partial charge >= 0.3 is 5.97 Å². The number of aliphatic carboxylic acids is 1. The molecule has 1 amide bonds. The molecule has 0 aliphatic carbocycles. The Morgan fingerprint density at radius 1 is 1.33 bits per heavy atom. The van der Waals surface area contributed by atoms with Crippen LogP contribution >= 0.6 is 0 Å². The molecule has 4 nitrogen and oxygen atoms in total. The Labute approximate surface area is 126 Å². The van der Waals surface area contributed by atoms with Crippen LogP contribution in [0.15, 0.2) is 24.3 Å². The lowest BCUT2D eigenvalue weighted by molar-refractivity contribution is -0.142. The lowest BCUT2D eigenvalue weighted by Gasteiger charge is -2.21. The van der Waals surface area contributed by atoms with Crippen molar-refractivity contribution >= 4 is 18.0 Å². The fourth-order valence-corrected chi connectivity index (χ4v) is 2.06. The van der Waals surface area contributed by atoms with Crippen LogP contribution in [0.1, 0.15) is 30.5 Å². The molecule has 0 fully saturated rings. The van der Waals surface area contributed by atoms with Crippen molar-refractivity contribution < 1.29 is 14.7 Å². The van der Waals surface area contributed by atoms with Crippen LogP contribution in [0.3, 0.4) is 0 Å². The maximum atomic E-state index is 12.1. The first-order valence-corrected chi connectivity index (χ1v) is 7.12. The zero-order chi connectivity index (χ0) is 16.0. The number of aryl methyl sites for hydroxylation is 2. The molecule has 1 aromatic carbocycles. The second-order valence-corrected chi connectivity index (χ2v) is 5.31. The van der Waals surface area contributed by atoms with E-state index in [1.807, 2.05) is 32.9 Å². The lowest BCUT2D eigenvalue weighted by Crippen LogP contribution is -2.35. The molecule has 0 aliphatic heterocycles. The molecule has 114 valence electrons. The summed E-state index contributed by atoms with van der Waals surface area (Å²) in [7, 11) is 0. The third kappa shape index (κ3) is 5.06. The van der Waals surface area contributed by atoms with Crippen molar-refractivity contribution in [3.8, 4) is 0 Å². The van der Waals surface area contributed by atoms with Crippen molar-refractivity contribution in [1.82, 2.24) is 4.90 Å². The monoisotopic (exact) mass is 289 g/mol. The average molecular weight is 289 g/mol. The number of likely N-dealkylation sites (N-methyl/N-ethyl adjacent to an activating group) is 1. The molecule has 0 heterocycles. The molecular formula is C17H23NO3. The van der Waals surface area contributed by atoms with Crippen LogP contribution in [-0.4, -0.2) is 35.0 Å². The maximum Gasteiger partial charge on any atom is 0.308 e. The van der Waals surface area contributed by atoms with Crippen molar-refractivity contribution in [3.63, 3.8) is 0 Å². The molecule has 0 spiro atoms. The minimum atomic E-state index is -0.889. The van der Waals surface area contributed by atoms with Gasteiger partial charge in [0, 0.05) is 19.2 Å². The fourth-order valence-electron chi connectivity index (χ4n) is 2.06. The van der Waals surface area contributed by atoms with Crippen LogP contribution in [-0.2, 0) is 9.59 Å². The Hall–Kier alpha value is -2.10. The zero-order valence-corrected chi connectivity index (χ0v) is 13.1. The maximum absolute atomic E-state index is 12.1. The molecule has 0 aliphatic rings. The van der Waals surface area contributed by atoms with E-state index in [-0.39, 0.29) is 12.5 Å². The van der Waals surface area contributed by atoms with Gasteiger partial charge in [0.05, 0.1) is 5.92 Å². The molecule has 1 unspecified atom stereocenters. The first-order chi connectivity index (χ1) is 9.85. The Morgan fingerprint density at radius 2 is 2.00 bits per heavy atom. The second kappa shape index (κ2) is 7.62. The predicted molar refractivity (Wildman–Crippen MR) is 84.0 cm³/mol. The smallest absolute Gasteiger partial charge is 0.308 e. The van der Waals surface area contributed by atoms with Crippen LogP contribution in [0, 0.1) is 19.8 Å². The summed E-state index contributed by atoms with van der Waals surface area (Å²) >= 11 is 0. The van der Waals surface area contributed by atoms with Crippen LogP contribution in [0.2, 0.25) is 0 Å². The molecule has 0 aromatic heterocycles. The third-order valence-electron chi connectivity index (χ3n) is 3.44. The van der Waals surface area contributed by atoms with Crippen molar-refractivity contribution in [2.45, 2.75) is 27.7 Å². The quantitative estimate of drug-likeness (QED) is 0.819. The molecule has 0 saturated heterocycles. The number of hydrogen-bond donors (Lipinski definition) is 1. The number of benzene rings is 1. The molecule has 1 rings (SSSR count). The van der Waals surface area contributed by atoms with E-state index in [0.717, 1.165) is 11.1 Å². The van der Waals surface area contributed by atoms with Crippen molar-refractivity contribution in [1.29, 1.82) is 0 Å². The Morgan fingerprint density at radius 3 is 2.52 bits per heavy atom. The van der Waals surface area contributed by atoms with E-state index in [2.05, 4.69) is 6.07 Å². The van der Waals surface area contributed by atoms with Gasteiger partial charge in [-0.2, -0.15) is 0 Å². The van der Waals surface area contributed by atoms with Crippen LogP contribution in [0.25, 0.3) is 6.08 Å². The SMILES string of the molecule is CCN(CC(C)C(=O)O)C(=O)C=Cc1ccc(C)cc1C. The van der Waals surface area contributed by atoms with Crippen molar-refractivity contribution in [3.05, 3.63) is 41.0 Å². The summed E-state index contributed by atoms with van der Waals surface area (Å²) in [4.78, 5) is 24.5. The highest BCUT2D eigenvalue weighted by atomic mass is 16.4. The number of carboxylic acids is 1. The van der Waals surface area contributed by atoms with Crippen molar-refractivity contribution in [2.24, 2.45) is 5.92 Å². The first kappa shape index (κ1) is 17.0. The van der Waals surface area contributed by atoms with Crippen LogP contribution in [0.4, 0.5) is 0 Å². The summed E-state index contributed by atoms with van der Waals surface area (Å²) in [5, 5.41) is 8.92. The molecule has 1 aromatic rings. The molecular weight excluding hydrogens is 266 g/mol. The van der Waals surface area contributed by atoms with Gasteiger partial charge in [0.25, 0.3) is 0 Å². The molecule has 1 N–H and O–H groups in total. The molecule has 21 heavy (non-hydrogen) atoms. The van der Waals surface area contributed by atoms with Crippen LogP contribution in [0.5, 0.6) is 0 Å². The van der Waals surface area contributed by atoms with Gasteiger partial charge in [0.15, 0.2) is 0 Å². The van der Waals surface area contributed by atoms with Gasteiger partial charge < -0.3 is 10.0 Å². The highest BCUT2D eigenvalue weighted by molar-refractivity contribution is 5.92. The number of hydrogen-bond acceptors (Lipinski definition) is 2. The highest BCUT2D eigenvalue weighted by Gasteiger charge is 2.17. The Balaban J connectivity index is 2.77. The Kier molecular flexibility index (Phi) is 6.15. The molecule has 1 atom stereocenters. The van der Waals surface area contributed by atoms with Crippen molar-refractivity contribution in [2.75, 3.05) is 13.1 Å². The summed E-state index contributed by atoms with van der Waals surface area (Å²) in [6.07, 6.45) is 3.29. The summed E-state index contributed by atoms with van der Waals surface area (Å²) in [6.45, 7) is 8.19. The number of carbonyl (C=O) groups is 2. The summed E-state index contributed by atoms with van der Waals surface area (Å²) in [5.74, 6) is -1.62. The highest BCUT2D eigenvalue weighted by Crippen LogP contribution is 2.12. The van der Waals surface area contributed by atoms with Gasteiger partial charge in [-0.25, -0.2) is 0 Å². The topological polar surface area (TPSA) is 57.6 Å². The summed E-state index contributed by atoms with van der Waals surface area (Å²) < 4.78 is 0. The summed E-state index contributed by atoms with van der Waals surface area (Å²) in [5.41, 5.74) is 3.29. The number of carboxylic acid groups (broad SMARTS) is 1. The molecule has 0 radical (unpaired) electrons. The molecule has 4 heteroatoms. The van der Waals surface area contributed by atoms with Gasteiger partial charge in [0.2, 0.25) is 5.91 Å². The van der Waals surface area contributed by atoms with E-state index in [1.54, 1.807) is 17.9 Å². The van der Waals surface area contributed by atoms with Gasteiger partial charge in [-0.15, -0.1) is 0 Å². The lowest BCUT2D eigenvalue weighted by atomic mass is 10.1. The fraction of sp³-hybridized carbons (Fsp3) is 0.412. The largest absolute Gasteiger partial charge is 0.481 e. The van der Waals surface area contributed by atoms with Gasteiger partial charge in [-0.3, -0.25) is 9.59 Å². The van der Waals surface area contributed by atoms with Gasteiger partial charge in [0.1, 0.15) is 0 Å². The van der Waals surface area contributed by atoms with E-state index in [0.29, 0.717) is 6.54 Å². The van der Waals surface area contributed by atoms with E-state index in [4.69, 9.17) is 5.11 Å². The first-order valence-electron chi connectivity index (χ1n) is 7.12. The van der Waals surface area contributed by atoms with Crippen LogP contribution < -0.4 is 0 Å². The minimum absolute atomic E-state index is 0.162.